The topological polar surface area (TPSA) is 17.8 Å². The molecular weight excluding hydrogens is 172 g/mol. The molecule has 2 nitrogen and oxygen atoms in total. The third-order valence-corrected chi connectivity index (χ3v) is 2.59. The maximum absolute atomic E-state index is 4.39. The number of aromatic nitrogens is 2. The molecule has 1 aromatic heterocycles. The zero-order valence-electron chi connectivity index (χ0n) is 10.0. The molecule has 1 aliphatic carbocycles. The molecule has 80 valence electrons. The molecule has 0 saturated heterocycles. The molecule has 1 aliphatic rings. The lowest BCUT2D eigenvalue weighted by Gasteiger charge is -2.08. The fourth-order valence-corrected chi connectivity index (χ4v) is 1.75. The molecular formula is C12H22N2. The van der Waals surface area contributed by atoms with Crippen molar-refractivity contribution in [2.24, 2.45) is 0 Å². The zero-order valence-corrected chi connectivity index (χ0v) is 10.0. The molecule has 2 heteroatoms. The molecule has 0 atom stereocenters. The van der Waals surface area contributed by atoms with E-state index in [1.165, 1.54) is 24.1 Å². The normalized spacial score (nSPS) is 15.3. The van der Waals surface area contributed by atoms with E-state index in [-0.39, 0.29) is 0 Å². The van der Waals surface area contributed by atoms with E-state index in [1.54, 1.807) is 0 Å². The molecule has 1 aromatic rings. The van der Waals surface area contributed by atoms with Crippen molar-refractivity contribution in [2.75, 3.05) is 0 Å². The van der Waals surface area contributed by atoms with Crippen LogP contribution in [-0.4, -0.2) is 9.78 Å². The molecule has 1 saturated carbocycles. The van der Waals surface area contributed by atoms with Gasteiger partial charge in [-0.05, 0) is 45.1 Å². The second-order valence-corrected chi connectivity index (χ2v) is 4.00. The maximum Gasteiger partial charge on any atom is 0.0527 e. The third kappa shape index (κ3) is 2.17. The first-order valence-electron chi connectivity index (χ1n) is 5.74. The van der Waals surface area contributed by atoms with Gasteiger partial charge < -0.3 is 0 Å². The molecule has 0 amide bonds. The van der Waals surface area contributed by atoms with Gasteiger partial charge in [0, 0.05) is 11.7 Å². The number of nitrogens with zero attached hydrogens (tertiary/aromatic N) is 2. The van der Waals surface area contributed by atoms with Crippen LogP contribution in [-0.2, 0) is 0 Å². The third-order valence-electron chi connectivity index (χ3n) is 2.59. The maximum atomic E-state index is 4.39. The predicted octanol–water partition coefficient (Wildman–Crippen LogP) is 3.68. The van der Waals surface area contributed by atoms with E-state index in [9.17, 15) is 0 Å². The van der Waals surface area contributed by atoms with E-state index in [0.29, 0.717) is 6.04 Å². The van der Waals surface area contributed by atoms with E-state index in [0.717, 1.165) is 5.92 Å². The van der Waals surface area contributed by atoms with E-state index < -0.39 is 0 Å². The van der Waals surface area contributed by atoms with E-state index in [2.05, 4.69) is 30.6 Å². The van der Waals surface area contributed by atoms with Gasteiger partial charge in [-0.1, -0.05) is 13.8 Å². The summed E-state index contributed by atoms with van der Waals surface area (Å²) in [5, 5.41) is 4.39. The summed E-state index contributed by atoms with van der Waals surface area (Å²) >= 11 is 0. The van der Waals surface area contributed by atoms with Crippen molar-refractivity contribution in [1.82, 2.24) is 9.78 Å². The van der Waals surface area contributed by atoms with Crippen molar-refractivity contribution in [2.45, 2.75) is 59.4 Å². The SMILES string of the molecule is CC.Cc1c(C2CC2)cnn1C(C)C. The smallest absolute Gasteiger partial charge is 0.0527 e. The van der Waals surface area contributed by atoms with Crippen LogP contribution in [0.4, 0.5) is 0 Å². The van der Waals surface area contributed by atoms with Gasteiger partial charge in [0.1, 0.15) is 0 Å². The Morgan fingerprint density at radius 2 is 1.93 bits per heavy atom. The molecule has 0 N–H and O–H groups in total. The Kier molecular flexibility index (Phi) is 3.73. The van der Waals surface area contributed by atoms with Gasteiger partial charge in [-0.15, -0.1) is 0 Å². The summed E-state index contributed by atoms with van der Waals surface area (Å²) in [5.41, 5.74) is 2.84. The predicted molar refractivity (Wildman–Crippen MR) is 60.7 cm³/mol. The molecule has 0 radical (unpaired) electrons. The number of rotatable bonds is 2. The minimum Gasteiger partial charge on any atom is -0.267 e. The van der Waals surface area contributed by atoms with Crippen LogP contribution >= 0.6 is 0 Å². The van der Waals surface area contributed by atoms with Crippen molar-refractivity contribution >= 4 is 0 Å². The highest BCUT2D eigenvalue weighted by atomic mass is 15.3. The summed E-state index contributed by atoms with van der Waals surface area (Å²) < 4.78 is 2.12. The first-order chi connectivity index (χ1) is 6.70. The Morgan fingerprint density at radius 3 is 2.29 bits per heavy atom. The molecule has 1 fully saturated rings. The lowest BCUT2D eigenvalue weighted by atomic mass is 10.2. The molecule has 0 unspecified atom stereocenters. The van der Waals surface area contributed by atoms with Gasteiger partial charge in [0.15, 0.2) is 0 Å². The van der Waals surface area contributed by atoms with Crippen LogP contribution < -0.4 is 0 Å². The summed E-state index contributed by atoms with van der Waals surface area (Å²) in [6.07, 6.45) is 4.78. The van der Waals surface area contributed by atoms with Crippen LogP contribution in [0.15, 0.2) is 6.20 Å². The summed E-state index contributed by atoms with van der Waals surface area (Å²) in [6.45, 7) is 10.5. The second kappa shape index (κ2) is 4.63. The Balaban J connectivity index is 0.000000461. The Hall–Kier alpha value is -0.790. The van der Waals surface area contributed by atoms with Crippen molar-refractivity contribution < 1.29 is 0 Å². The van der Waals surface area contributed by atoms with E-state index in [4.69, 9.17) is 0 Å². The molecule has 0 aromatic carbocycles. The standard InChI is InChI=1S/C10H16N2.C2H6/c1-7(2)12-8(3)10(6-11-12)9-4-5-9;1-2/h6-7,9H,4-5H2,1-3H3;1-2H3. The quantitative estimate of drug-likeness (QED) is 0.702. The van der Waals surface area contributed by atoms with Gasteiger partial charge in [-0.3, -0.25) is 4.68 Å². The van der Waals surface area contributed by atoms with Crippen molar-refractivity contribution in [3.63, 3.8) is 0 Å². The van der Waals surface area contributed by atoms with Crippen molar-refractivity contribution in [3.8, 4) is 0 Å². The lowest BCUT2D eigenvalue weighted by molar-refractivity contribution is 0.518. The van der Waals surface area contributed by atoms with Gasteiger partial charge in [-0.25, -0.2) is 0 Å². The highest BCUT2D eigenvalue weighted by Crippen LogP contribution is 2.41. The van der Waals surface area contributed by atoms with Crippen molar-refractivity contribution in [3.05, 3.63) is 17.5 Å². The highest BCUT2D eigenvalue weighted by molar-refractivity contribution is 5.25. The second-order valence-electron chi connectivity index (χ2n) is 4.00. The molecule has 14 heavy (non-hydrogen) atoms. The molecule has 1 heterocycles. The Morgan fingerprint density at radius 1 is 1.36 bits per heavy atom. The molecule has 0 spiro atoms. The van der Waals surface area contributed by atoms with Gasteiger partial charge in [-0.2, -0.15) is 5.10 Å². The first-order valence-corrected chi connectivity index (χ1v) is 5.74. The van der Waals surface area contributed by atoms with E-state index in [1.807, 2.05) is 20.0 Å². The summed E-state index contributed by atoms with van der Waals surface area (Å²) in [7, 11) is 0. The van der Waals surface area contributed by atoms with Crippen LogP contribution in [0.25, 0.3) is 0 Å². The lowest BCUT2D eigenvalue weighted by Crippen LogP contribution is -2.04. The minimum absolute atomic E-state index is 0.498. The van der Waals surface area contributed by atoms with Crippen LogP contribution in [0, 0.1) is 6.92 Å². The van der Waals surface area contributed by atoms with Gasteiger partial charge >= 0.3 is 0 Å². The average molecular weight is 194 g/mol. The van der Waals surface area contributed by atoms with E-state index >= 15 is 0 Å². The summed E-state index contributed by atoms with van der Waals surface area (Å²) in [5.74, 6) is 0.831. The van der Waals surface area contributed by atoms with Crippen LogP contribution in [0.3, 0.4) is 0 Å². The largest absolute Gasteiger partial charge is 0.267 e. The molecule has 2 rings (SSSR count). The summed E-state index contributed by atoms with van der Waals surface area (Å²) in [6, 6.07) is 0.498. The monoisotopic (exact) mass is 194 g/mol. The van der Waals surface area contributed by atoms with Crippen LogP contribution in [0.5, 0.6) is 0 Å². The minimum atomic E-state index is 0.498. The highest BCUT2D eigenvalue weighted by Gasteiger charge is 2.27. The zero-order chi connectivity index (χ0) is 10.7. The average Bonchev–Trinajstić information content (AvgIpc) is 2.93. The van der Waals surface area contributed by atoms with Gasteiger partial charge in [0.25, 0.3) is 0 Å². The van der Waals surface area contributed by atoms with Gasteiger partial charge in [0.2, 0.25) is 0 Å². The van der Waals surface area contributed by atoms with Crippen LogP contribution in [0.2, 0.25) is 0 Å². The fourth-order valence-electron chi connectivity index (χ4n) is 1.75. The van der Waals surface area contributed by atoms with Crippen molar-refractivity contribution in [1.29, 1.82) is 0 Å². The molecule has 0 bridgehead atoms. The Labute approximate surface area is 87.3 Å². The number of hydrogen-bond acceptors (Lipinski definition) is 1. The van der Waals surface area contributed by atoms with Crippen LogP contribution in [0.1, 0.15) is 63.8 Å². The fraction of sp³-hybridized carbons (Fsp3) is 0.750. The van der Waals surface area contributed by atoms with Gasteiger partial charge in [0.05, 0.1) is 6.20 Å². The molecule has 0 aliphatic heterocycles. The number of hydrogen-bond donors (Lipinski definition) is 0. The summed E-state index contributed by atoms with van der Waals surface area (Å²) in [4.78, 5) is 0. The Bertz CT molecular complexity index is 263. The first kappa shape index (κ1) is 11.3.